The Labute approximate surface area is 116 Å². The first kappa shape index (κ1) is 14.0. The van der Waals surface area contributed by atoms with Crippen molar-refractivity contribution in [3.8, 4) is 0 Å². The molecule has 0 atom stereocenters. The van der Waals surface area contributed by atoms with Crippen LogP contribution in [0.15, 0.2) is 18.2 Å². The average Bonchev–Trinajstić information content (AvgIpc) is 3.10. The molecule has 0 bridgehead atoms. The molecule has 106 valence electrons. The summed E-state index contributed by atoms with van der Waals surface area (Å²) < 4.78 is 0. The Bertz CT molecular complexity index is 531. The lowest BCUT2D eigenvalue weighted by Crippen LogP contribution is -2.25. The first-order chi connectivity index (χ1) is 9.44. The van der Waals surface area contributed by atoms with Crippen molar-refractivity contribution in [3.63, 3.8) is 0 Å². The third-order valence-corrected chi connectivity index (χ3v) is 2.75. The lowest BCUT2D eigenvalue weighted by molar-refractivity contribution is -0.115. The van der Waals surface area contributed by atoms with E-state index in [9.17, 15) is 14.4 Å². The van der Waals surface area contributed by atoms with Gasteiger partial charge in [0.1, 0.15) is 0 Å². The van der Waals surface area contributed by atoms with Gasteiger partial charge in [0, 0.05) is 36.8 Å². The Morgan fingerprint density at radius 1 is 0.950 bits per heavy atom. The van der Waals surface area contributed by atoms with Gasteiger partial charge in [0.2, 0.25) is 11.8 Å². The Kier molecular flexibility index (Phi) is 4.02. The molecule has 3 N–H and O–H groups in total. The van der Waals surface area contributed by atoms with Gasteiger partial charge in [-0.25, -0.2) is 0 Å². The second-order valence-corrected chi connectivity index (χ2v) is 4.91. The summed E-state index contributed by atoms with van der Waals surface area (Å²) in [5, 5.41) is 8.09. The Hall–Kier alpha value is -2.37. The van der Waals surface area contributed by atoms with E-state index >= 15 is 0 Å². The fourth-order valence-electron chi connectivity index (χ4n) is 1.81. The van der Waals surface area contributed by atoms with Crippen molar-refractivity contribution in [2.75, 3.05) is 10.6 Å². The zero-order valence-electron chi connectivity index (χ0n) is 11.4. The second-order valence-electron chi connectivity index (χ2n) is 4.91. The van der Waals surface area contributed by atoms with Crippen molar-refractivity contribution < 1.29 is 14.4 Å². The Balaban J connectivity index is 2.25. The molecule has 20 heavy (non-hydrogen) atoms. The van der Waals surface area contributed by atoms with E-state index in [2.05, 4.69) is 16.0 Å². The van der Waals surface area contributed by atoms with E-state index in [1.807, 2.05) is 0 Å². The summed E-state index contributed by atoms with van der Waals surface area (Å²) in [6.45, 7) is 2.77. The molecule has 1 aliphatic carbocycles. The highest BCUT2D eigenvalue weighted by Gasteiger charge is 2.24. The van der Waals surface area contributed by atoms with Crippen LogP contribution in [0.5, 0.6) is 0 Å². The molecule has 1 fully saturated rings. The van der Waals surface area contributed by atoms with E-state index in [1.54, 1.807) is 18.2 Å². The van der Waals surface area contributed by atoms with Crippen molar-refractivity contribution in [2.24, 2.45) is 0 Å². The normalized spacial score (nSPS) is 13.5. The van der Waals surface area contributed by atoms with Crippen LogP contribution in [-0.2, 0) is 9.59 Å². The van der Waals surface area contributed by atoms with E-state index < -0.39 is 0 Å². The van der Waals surface area contributed by atoms with E-state index in [4.69, 9.17) is 0 Å². The van der Waals surface area contributed by atoms with Crippen molar-refractivity contribution in [1.29, 1.82) is 0 Å². The maximum Gasteiger partial charge on any atom is 0.251 e. The molecule has 0 aromatic heterocycles. The number of hydrogen-bond donors (Lipinski definition) is 3. The summed E-state index contributed by atoms with van der Waals surface area (Å²) in [5.74, 6) is -0.677. The summed E-state index contributed by atoms with van der Waals surface area (Å²) in [6.07, 6.45) is 1.99. The molecule has 1 saturated carbocycles. The summed E-state index contributed by atoms with van der Waals surface area (Å²) in [6, 6.07) is 5.03. The zero-order chi connectivity index (χ0) is 14.7. The molecule has 0 heterocycles. The summed E-state index contributed by atoms with van der Waals surface area (Å²) in [4.78, 5) is 34.3. The largest absolute Gasteiger partial charge is 0.349 e. The first-order valence-corrected chi connectivity index (χ1v) is 6.45. The number of nitrogens with one attached hydrogen (secondary N) is 3. The van der Waals surface area contributed by atoms with Crippen LogP contribution < -0.4 is 16.0 Å². The summed E-state index contributed by atoms with van der Waals surface area (Å²) in [7, 11) is 0. The van der Waals surface area contributed by atoms with E-state index in [1.165, 1.54) is 13.8 Å². The molecule has 1 aromatic rings. The van der Waals surface area contributed by atoms with Gasteiger partial charge in [0.25, 0.3) is 5.91 Å². The molecule has 0 unspecified atom stereocenters. The van der Waals surface area contributed by atoms with E-state index in [-0.39, 0.29) is 23.8 Å². The molecule has 0 radical (unpaired) electrons. The molecule has 0 saturated heterocycles. The predicted octanol–water partition coefficient (Wildman–Crippen LogP) is 1.50. The van der Waals surface area contributed by atoms with Gasteiger partial charge in [-0.1, -0.05) is 0 Å². The highest BCUT2D eigenvalue weighted by molar-refractivity contribution is 6.00. The number of hydrogen-bond acceptors (Lipinski definition) is 3. The van der Waals surface area contributed by atoms with Crippen LogP contribution in [0.1, 0.15) is 37.0 Å². The maximum atomic E-state index is 12.0. The van der Waals surface area contributed by atoms with Gasteiger partial charge in [-0.3, -0.25) is 14.4 Å². The number of carbonyl (C=O) groups is 3. The zero-order valence-corrected chi connectivity index (χ0v) is 11.4. The van der Waals surface area contributed by atoms with Crippen molar-refractivity contribution in [2.45, 2.75) is 32.7 Å². The SMILES string of the molecule is CC(=O)Nc1cc(NC(C)=O)cc(C(=O)NC2CC2)c1. The predicted molar refractivity (Wildman–Crippen MR) is 75.5 cm³/mol. The van der Waals surface area contributed by atoms with Crippen LogP contribution in [0.4, 0.5) is 11.4 Å². The standard InChI is InChI=1S/C14H17N3O3/c1-8(18)15-12-5-10(14(20)17-11-3-4-11)6-13(7-12)16-9(2)19/h5-7,11H,3-4H2,1-2H3,(H,15,18)(H,16,19)(H,17,20). The molecule has 0 aliphatic heterocycles. The Morgan fingerprint density at radius 2 is 1.45 bits per heavy atom. The second kappa shape index (κ2) is 5.73. The van der Waals surface area contributed by atoms with Gasteiger partial charge < -0.3 is 16.0 Å². The molecular weight excluding hydrogens is 258 g/mol. The minimum Gasteiger partial charge on any atom is -0.349 e. The molecule has 2 rings (SSSR count). The smallest absolute Gasteiger partial charge is 0.251 e. The number of rotatable bonds is 4. The van der Waals surface area contributed by atoms with Crippen LogP contribution >= 0.6 is 0 Å². The van der Waals surface area contributed by atoms with Gasteiger partial charge in [0.15, 0.2) is 0 Å². The molecule has 1 aliphatic rings. The lowest BCUT2D eigenvalue weighted by Gasteiger charge is -2.10. The fourth-order valence-corrected chi connectivity index (χ4v) is 1.81. The number of anilines is 2. The van der Waals surface area contributed by atoms with Crippen LogP contribution in [0.3, 0.4) is 0 Å². The topological polar surface area (TPSA) is 87.3 Å². The highest BCUT2D eigenvalue weighted by atomic mass is 16.2. The maximum absolute atomic E-state index is 12.0. The van der Waals surface area contributed by atoms with Gasteiger partial charge in [-0.2, -0.15) is 0 Å². The lowest BCUT2D eigenvalue weighted by atomic mass is 10.1. The van der Waals surface area contributed by atoms with Gasteiger partial charge >= 0.3 is 0 Å². The van der Waals surface area contributed by atoms with Crippen LogP contribution in [0.25, 0.3) is 0 Å². The summed E-state index contributed by atoms with van der Waals surface area (Å²) >= 11 is 0. The molecular formula is C14H17N3O3. The van der Waals surface area contributed by atoms with Crippen LogP contribution in [0.2, 0.25) is 0 Å². The quantitative estimate of drug-likeness (QED) is 0.778. The average molecular weight is 275 g/mol. The van der Waals surface area contributed by atoms with Crippen LogP contribution in [0, 0.1) is 0 Å². The fraction of sp³-hybridized carbons (Fsp3) is 0.357. The third kappa shape index (κ3) is 4.08. The number of carbonyl (C=O) groups excluding carboxylic acids is 3. The van der Waals surface area contributed by atoms with Crippen molar-refractivity contribution in [3.05, 3.63) is 23.8 Å². The minimum atomic E-state index is -0.237. The van der Waals surface area contributed by atoms with Crippen molar-refractivity contribution >= 4 is 29.1 Å². The third-order valence-electron chi connectivity index (χ3n) is 2.75. The van der Waals surface area contributed by atoms with E-state index in [0.29, 0.717) is 16.9 Å². The molecule has 3 amide bonds. The summed E-state index contributed by atoms with van der Waals surface area (Å²) in [5.41, 5.74) is 1.36. The van der Waals surface area contributed by atoms with Crippen LogP contribution in [-0.4, -0.2) is 23.8 Å². The van der Waals surface area contributed by atoms with E-state index in [0.717, 1.165) is 12.8 Å². The van der Waals surface area contributed by atoms with Gasteiger partial charge in [0.05, 0.1) is 0 Å². The number of amides is 3. The van der Waals surface area contributed by atoms with Gasteiger partial charge in [-0.05, 0) is 31.0 Å². The molecule has 6 nitrogen and oxygen atoms in total. The monoisotopic (exact) mass is 275 g/mol. The van der Waals surface area contributed by atoms with Gasteiger partial charge in [-0.15, -0.1) is 0 Å². The first-order valence-electron chi connectivity index (χ1n) is 6.45. The van der Waals surface area contributed by atoms with Crippen molar-refractivity contribution in [1.82, 2.24) is 5.32 Å². The Morgan fingerprint density at radius 3 is 1.85 bits per heavy atom. The molecule has 0 spiro atoms. The molecule has 1 aromatic carbocycles. The molecule has 6 heteroatoms. The minimum absolute atomic E-state index is 0.202. The highest BCUT2D eigenvalue weighted by Crippen LogP contribution is 2.22. The number of benzene rings is 1.